The molecular weight excluding hydrogens is 292 g/mol. The maximum Gasteiger partial charge on any atom is 0.316 e. The molecule has 21 heavy (non-hydrogen) atoms. The van der Waals surface area contributed by atoms with E-state index in [1.807, 2.05) is 20.8 Å². The number of nitrogens with zero attached hydrogens (tertiary/aromatic N) is 1. The Labute approximate surface area is 128 Å². The highest BCUT2D eigenvalue weighted by Crippen LogP contribution is 2.26. The molecule has 1 N–H and O–H groups in total. The van der Waals surface area contributed by atoms with Crippen LogP contribution in [0.3, 0.4) is 0 Å². The highest BCUT2D eigenvalue weighted by molar-refractivity contribution is 7.99. The van der Waals surface area contributed by atoms with Gasteiger partial charge in [0.1, 0.15) is 5.60 Å². The molecule has 0 heterocycles. The number of hydrogen-bond donors (Lipinski definition) is 1. The van der Waals surface area contributed by atoms with Crippen molar-refractivity contribution in [2.24, 2.45) is 0 Å². The molecule has 1 aromatic rings. The molecule has 0 fully saturated rings. The molecule has 7 heteroatoms. The third-order valence-corrected chi connectivity index (χ3v) is 3.42. The molecule has 0 aliphatic heterocycles. The first-order valence-electron chi connectivity index (χ1n) is 6.47. The minimum Gasteiger partial charge on any atom is -0.459 e. The fourth-order valence-corrected chi connectivity index (χ4v) is 2.46. The van der Waals surface area contributed by atoms with Crippen LogP contribution in [0.1, 0.15) is 26.3 Å². The quantitative estimate of drug-likeness (QED) is 0.493. The van der Waals surface area contributed by atoms with Crippen molar-refractivity contribution in [3.05, 3.63) is 33.9 Å². The standard InChI is InChI=1S/C14H20N2O4S/c1-14(2,3)20-13(17)9-21-8-10-7-11(16(18)19)5-6-12(10)15-4/h5-7,15H,8-9H2,1-4H3. The van der Waals surface area contributed by atoms with Gasteiger partial charge < -0.3 is 10.1 Å². The largest absolute Gasteiger partial charge is 0.459 e. The maximum atomic E-state index is 11.6. The summed E-state index contributed by atoms with van der Waals surface area (Å²) in [4.78, 5) is 22.0. The van der Waals surface area contributed by atoms with Crippen LogP contribution in [0.5, 0.6) is 0 Å². The van der Waals surface area contributed by atoms with Gasteiger partial charge in [0.15, 0.2) is 0 Å². The van der Waals surface area contributed by atoms with E-state index in [9.17, 15) is 14.9 Å². The minimum absolute atomic E-state index is 0.0434. The van der Waals surface area contributed by atoms with Crippen LogP contribution >= 0.6 is 11.8 Å². The van der Waals surface area contributed by atoms with Crippen LogP contribution in [0.15, 0.2) is 18.2 Å². The van der Waals surface area contributed by atoms with Gasteiger partial charge in [0, 0.05) is 30.6 Å². The van der Waals surface area contributed by atoms with E-state index in [4.69, 9.17) is 4.74 Å². The third-order valence-electron chi connectivity index (χ3n) is 2.47. The summed E-state index contributed by atoms with van der Waals surface area (Å²) in [5.41, 5.74) is 1.15. The molecular formula is C14H20N2O4S. The first kappa shape index (κ1) is 17.3. The van der Waals surface area contributed by atoms with Gasteiger partial charge in [-0.3, -0.25) is 14.9 Å². The summed E-state index contributed by atoms with van der Waals surface area (Å²) in [6.07, 6.45) is 0. The zero-order valence-electron chi connectivity index (χ0n) is 12.6. The van der Waals surface area contributed by atoms with Crippen molar-refractivity contribution in [3.8, 4) is 0 Å². The number of nitro groups is 1. The van der Waals surface area contributed by atoms with Gasteiger partial charge in [-0.15, -0.1) is 11.8 Å². The topological polar surface area (TPSA) is 81.5 Å². The molecule has 116 valence electrons. The van der Waals surface area contributed by atoms with Gasteiger partial charge in [0.2, 0.25) is 0 Å². The van der Waals surface area contributed by atoms with Crippen molar-refractivity contribution < 1.29 is 14.5 Å². The Bertz CT molecular complexity index is 526. The summed E-state index contributed by atoms with van der Waals surface area (Å²) in [5, 5.41) is 13.8. The molecule has 0 radical (unpaired) electrons. The van der Waals surface area contributed by atoms with Crippen molar-refractivity contribution in [1.29, 1.82) is 0 Å². The van der Waals surface area contributed by atoms with Crippen LogP contribution in [0.4, 0.5) is 11.4 Å². The van der Waals surface area contributed by atoms with Gasteiger partial charge in [0.05, 0.1) is 10.7 Å². The van der Waals surface area contributed by atoms with E-state index >= 15 is 0 Å². The van der Waals surface area contributed by atoms with Crippen molar-refractivity contribution in [3.63, 3.8) is 0 Å². The molecule has 0 saturated heterocycles. The van der Waals surface area contributed by atoms with Crippen molar-refractivity contribution >= 4 is 29.1 Å². The van der Waals surface area contributed by atoms with E-state index in [1.54, 1.807) is 13.1 Å². The van der Waals surface area contributed by atoms with E-state index < -0.39 is 10.5 Å². The average molecular weight is 312 g/mol. The van der Waals surface area contributed by atoms with Crippen molar-refractivity contribution in [1.82, 2.24) is 0 Å². The van der Waals surface area contributed by atoms with E-state index in [0.717, 1.165) is 11.3 Å². The van der Waals surface area contributed by atoms with Gasteiger partial charge in [-0.1, -0.05) is 0 Å². The van der Waals surface area contributed by atoms with E-state index in [1.165, 1.54) is 23.9 Å². The normalized spacial score (nSPS) is 11.0. The molecule has 0 unspecified atom stereocenters. The van der Waals surface area contributed by atoms with E-state index in [0.29, 0.717) is 5.75 Å². The van der Waals surface area contributed by atoms with Crippen LogP contribution in [0.2, 0.25) is 0 Å². The summed E-state index contributed by atoms with van der Waals surface area (Å²) in [6.45, 7) is 5.44. The van der Waals surface area contributed by atoms with Crippen LogP contribution in [-0.2, 0) is 15.3 Å². The van der Waals surface area contributed by atoms with Gasteiger partial charge in [-0.05, 0) is 32.4 Å². The summed E-state index contributed by atoms with van der Waals surface area (Å²) < 4.78 is 5.21. The molecule has 0 saturated carbocycles. The Balaban J connectivity index is 2.64. The van der Waals surface area contributed by atoms with Crippen molar-refractivity contribution in [2.75, 3.05) is 18.1 Å². The zero-order chi connectivity index (χ0) is 16.0. The predicted octanol–water partition coefficient (Wildman–Crippen LogP) is 3.21. The highest BCUT2D eigenvalue weighted by Gasteiger charge is 2.16. The second kappa shape index (κ2) is 7.31. The van der Waals surface area contributed by atoms with Gasteiger partial charge >= 0.3 is 5.97 Å². The van der Waals surface area contributed by atoms with Crippen LogP contribution in [-0.4, -0.2) is 29.3 Å². The van der Waals surface area contributed by atoms with Crippen LogP contribution in [0, 0.1) is 10.1 Å². The maximum absolute atomic E-state index is 11.6. The number of carbonyl (C=O) groups excluding carboxylic acids is 1. The number of nitro benzene ring substituents is 1. The number of hydrogen-bond acceptors (Lipinski definition) is 6. The molecule has 0 aromatic heterocycles. The predicted molar refractivity (Wildman–Crippen MR) is 84.7 cm³/mol. The molecule has 1 rings (SSSR count). The van der Waals surface area contributed by atoms with Gasteiger partial charge in [-0.25, -0.2) is 0 Å². The lowest BCUT2D eigenvalue weighted by Crippen LogP contribution is -2.24. The number of benzene rings is 1. The Morgan fingerprint density at radius 3 is 2.62 bits per heavy atom. The van der Waals surface area contributed by atoms with E-state index in [-0.39, 0.29) is 17.4 Å². The molecule has 6 nitrogen and oxygen atoms in total. The Hall–Kier alpha value is -1.76. The number of nitrogens with one attached hydrogen (secondary N) is 1. The highest BCUT2D eigenvalue weighted by atomic mass is 32.2. The van der Waals surface area contributed by atoms with Gasteiger partial charge in [-0.2, -0.15) is 0 Å². The fraction of sp³-hybridized carbons (Fsp3) is 0.500. The Morgan fingerprint density at radius 1 is 1.43 bits per heavy atom. The number of anilines is 1. The number of carbonyl (C=O) groups is 1. The number of rotatable bonds is 6. The number of ether oxygens (including phenoxy) is 1. The third kappa shape index (κ3) is 6.03. The average Bonchev–Trinajstić information content (AvgIpc) is 2.36. The van der Waals surface area contributed by atoms with E-state index in [2.05, 4.69) is 5.32 Å². The second-order valence-corrected chi connectivity index (χ2v) is 6.41. The molecule has 0 atom stereocenters. The second-order valence-electron chi connectivity index (χ2n) is 5.43. The number of esters is 1. The Morgan fingerprint density at radius 2 is 2.10 bits per heavy atom. The summed E-state index contributed by atoms with van der Waals surface area (Å²) in [6, 6.07) is 4.64. The molecule has 0 amide bonds. The first-order valence-corrected chi connectivity index (χ1v) is 7.63. The minimum atomic E-state index is -0.501. The smallest absolute Gasteiger partial charge is 0.316 e. The zero-order valence-corrected chi connectivity index (χ0v) is 13.5. The van der Waals surface area contributed by atoms with Crippen LogP contribution < -0.4 is 5.32 Å². The Kier molecular flexibility index (Phi) is 6.02. The molecule has 1 aromatic carbocycles. The lowest BCUT2D eigenvalue weighted by molar-refractivity contribution is -0.384. The summed E-state index contributed by atoms with van der Waals surface area (Å²) >= 11 is 1.37. The lowest BCUT2D eigenvalue weighted by Gasteiger charge is -2.19. The van der Waals surface area contributed by atoms with Crippen molar-refractivity contribution in [2.45, 2.75) is 32.1 Å². The summed E-state index contributed by atoms with van der Waals surface area (Å²) in [5.74, 6) is 0.421. The summed E-state index contributed by atoms with van der Waals surface area (Å²) in [7, 11) is 1.75. The number of thioether (sulfide) groups is 1. The number of non-ortho nitro benzene ring substituents is 1. The molecule has 0 aliphatic carbocycles. The lowest BCUT2D eigenvalue weighted by atomic mass is 10.2. The van der Waals surface area contributed by atoms with Crippen LogP contribution in [0.25, 0.3) is 0 Å². The SMILES string of the molecule is CNc1ccc([N+](=O)[O-])cc1CSCC(=O)OC(C)(C)C. The molecule has 0 bridgehead atoms. The first-order chi connectivity index (χ1) is 9.73. The fourth-order valence-electron chi connectivity index (χ4n) is 1.67. The van der Waals surface area contributed by atoms with Gasteiger partial charge in [0.25, 0.3) is 5.69 Å². The monoisotopic (exact) mass is 312 g/mol. The molecule has 0 spiro atoms. The molecule has 0 aliphatic rings.